The third-order valence-electron chi connectivity index (χ3n) is 5.70. The molecule has 0 spiro atoms. The molecule has 142 valence electrons. The first-order valence-corrected chi connectivity index (χ1v) is 10.2. The van der Waals surface area contributed by atoms with Crippen LogP contribution >= 0.6 is 0 Å². The van der Waals surface area contributed by atoms with E-state index in [4.69, 9.17) is 40.8 Å². The van der Waals surface area contributed by atoms with Crippen molar-refractivity contribution in [3.8, 4) is 0 Å². The molecule has 0 aliphatic heterocycles. The van der Waals surface area contributed by atoms with E-state index in [0.29, 0.717) is 44.4 Å². The zero-order chi connectivity index (χ0) is 22.6. The largest absolute Gasteiger partial charge is 0.457 e. The third kappa shape index (κ3) is 3.31. The fraction of sp³-hybridized carbons (Fsp3) is 0.0385. The molecule has 8 radical (unpaired) electrons. The molecule has 0 aliphatic rings. The Morgan fingerprint density at radius 2 is 1.53 bits per heavy atom. The van der Waals surface area contributed by atoms with Crippen molar-refractivity contribution < 1.29 is 4.42 Å². The van der Waals surface area contributed by atoms with E-state index in [-0.39, 0.29) is 0 Å². The summed E-state index contributed by atoms with van der Waals surface area (Å²) in [5, 5.41) is 3.77. The van der Waals surface area contributed by atoms with Crippen LogP contribution < -0.4 is 21.9 Å². The second-order valence-corrected chi connectivity index (χ2v) is 7.93. The van der Waals surface area contributed by atoms with Gasteiger partial charge >= 0.3 is 0 Å². The molecular weight excluding hydrogens is 386 g/mol. The summed E-state index contributed by atoms with van der Waals surface area (Å²) in [6, 6.07) is 19.5. The minimum absolute atomic E-state index is 0.427. The van der Waals surface area contributed by atoms with Crippen LogP contribution in [0.4, 0.5) is 0 Å². The number of fused-ring (bicyclic) bond motifs is 4. The average molecular weight is 401 g/mol. The highest BCUT2D eigenvalue weighted by atomic mass is 16.3. The van der Waals surface area contributed by atoms with Gasteiger partial charge in [-0.15, -0.1) is 0 Å². The van der Waals surface area contributed by atoms with E-state index in [1.165, 1.54) is 0 Å². The Kier molecular flexibility index (Phi) is 4.89. The van der Waals surface area contributed by atoms with Crippen LogP contribution in [0.2, 0.25) is 0 Å². The molecule has 6 heteroatoms. The van der Waals surface area contributed by atoms with Crippen LogP contribution in [-0.4, -0.2) is 37.1 Å². The number of furan rings is 1. The first kappa shape index (κ1) is 20.5. The Morgan fingerprint density at radius 3 is 2.31 bits per heavy atom. The van der Waals surface area contributed by atoms with Crippen LogP contribution in [0.5, 0.6) is 0 Å². The number of nitrogens with zero attached hydrogens (tertiary/aromatic N) is 1. The number of benzene rings is 4. The number of hydrogen-bond donors (Lipinski definition) is 0. The number of aliphatic imine (C=N–C) groups is 1. The second-order valence-electron chi connectivity index (χ2n) is 7.93. The standard InChI is InChI=1S/C26H15B4NO/c1-13(16-8-7-15-5-3-4-6-17(15)9-16)31-14(2)23-20(28)12-22(30)26-24(23)19-10-18(27)11-21(29)25(19)32-26/h3-12H,1H2,2H3. The summed E-state index contributed by atoms with van der Waals surface area (Å²) in [6.45, 7) is 6.08. The molecule has 2 nitrogen and oxygen atoms in total. The Labute approximate surface area is 192 Å². The van der Waals surface area contributed by atoms with E-state index >= 15 is 0 Å². The predicted octanol–water partition coefficient (Wildman–Crippen LogP) is 2.39. The van der Waals surface area contributed by atoms with Crippen molar-refractivity contribution in [1.82, 2.24) is 0 Å². The lowest BCUT2D eigenvalue weighted by molar-refractivity contribution is 0.674. The van der Waals surface area contributed by atoms with Gasteiger partial charge in [0.1, 0.15) is 42.6 Å². The van der Waals surface area contributed by atoms with Crippen LogP contribution in [0.3, 0.4) is 0 Å². The van der Waals surface area contributed by atoms with E-state index in [1.54, 1.807) is 12.1 Å². The lowest BCUT2D eigenvalue weighted by Gasteiger charge is -2.12. The van der Waals surface area contributed by atoms with Gasteiger partial charge in [0.25, 0.3) is 0 Å². The summed E-state index contributed by atoms with van der Waals surface area (Å²) in [5.41, 5.74) is 5.89. The molecule has 0 saturated carbocycles. The fourth-order valence-corrected chi connectivity index (χ4v) is 4.23. The summed E-state index contributed by atoms with van der Waals surface area (Å²) in [7, 11) is 24.8. The zero-order valence-corrected chi connectivity index (χ0v) is 17.6. The van der Waals surface area contributed by atoms with Crippen molar-refractivity contribution in [1.29, 1.82) is 0 Å². The van der Waals surface area contributed by atoms with E-state index in [9.17, 15) is 0 Å². The molecule has 0 saturated heterocycles. The smallest absolute Gasteiger partial charge is 0.128 e. The van der Waals surface area contributed by atoms with Gasteiger partial charge in [0.15, 0.2) is 0 Å². The molecule has 0 fully saturated rings. The molecule has 0 amide bonds. The third-order valence-corrected chi connectivity index (χ3v) is 5.70. The van der Waals surface area contributed by atoms with Gasteiger partial charge in [0.05, 0.1) is 5.70 Å². The monoisotopic (exact) mass is 401 g/mol. The van der Waals surface area contributed by atoms with Gasteiger partial charge in [-0.05, 0) is 23.8 Å². The van der Waals surface area contributed by atoms with E-state index in [2.05, 4.69) is 30.8 Å². The summed E-state index contributed by atoms with van der Waals surface area (Å²) in [4.78, 5) is 4.79. The minimum Gasteiger partial charge on any atom is -0.457 e. The summed E-state index contributed by atoms with van der Waals surface area (Å²) < 4.78 is 6.01. The van der Waals surface area contributed by atoms with Crippen molar-refractivity contribution >= 4 is 97.4 Å². The Balaban J connectivity index is 1.70. The number of rotatable bonds is 3. The topological polar surface area (TPSA) is 25.5 Å². The molecule has 1 heterocycles. The Morgan fingerprint density at radius 1 is 0.812 bits per heavy atom. The van der Waals surface area contributed by atoms with Crippen molar-refractivity contribution in [3.05, 3.63) is 78.4 Å². The van der Waals surface area contributed by atoms with E-state index in [0.717, 1.165) is 32.7 Å². The van der Waals surface area contributed by atoms with Gasteiger partial charge in [0.2, 0.25) is 0 Å². The van der Waals surface area contributed by atoms with Crippen LogP contribution in [0.15, 0.2) is 76.7 Å². The average Bonchev–Trinajstić information content (AvgIpc) is 3.13. The minimum atomic E-state index is 0.427. The molecule has 5 aromatic rings. The molecule has 4 aromatic carbocycles. The molecule has 0 atom stereocenters. The SMILES string of the molecule is [B]c1cc([B])c2oc3c([B])cc([B])c(C(C)=NC(=C)c4ccc5ccccc5c4)c3c2c1. The van der Waals surface area contributed by atoms with Crippen LogP contribution in [-0.2, 0) is 0 Å². The Hall–Kier alpha value is -3.39. The maximum Gasteiger partial charge on any atom is 0.128 e. The molecule has 1 aromatic heterocycles. The van der Waals surface area contributed by atoms with Gasteiger partial charge in [-0.2, -0.15) is 0 Å². The quantitative estimate of drug-likeness (QED) is 0.337. The van der Waals surface area contributed by atoms with Gasteiger partial charge in [-0.1, -0.05) is 83.0 Å². The van der Waals surface area contributed by atoms with Gasteiger partial charge in [0, 0.05) is 27.6 Å². The highest BCUT2D eigenvalue weighted by Gasteiger charge is 2.18. The lowest BCUT2D eigenvalue weighted by atomic mass is 9.79. The number of hydrogen-bond acceptors (Lipinski definition) is 2. The molecule has 0 aliphatic carbocycles. The summed E-state index contributed by atoms with van der Waals surface area (Å²) in [6.07, 6.45) is 0. The first-order chi connectivity index (χ1) is 15.3. The molecule has 0 bridgehead atoms. The maximum atomic E-state index is 6.41. The molecule has 32 heavy (non-hydrogen) atoms. The second kappa shape index (κ2) is 7.63. The normalized spacial score (nSPS) is 12.1. The van der Waals surface area contributed by atoms with Crippen molar-refractivity contribution in [3.63, 3.8) is 0 Å². The zero-order valence-electron chi connectivity index (χ0n) is 17.6. The highest BCUT2D eigenvalue weighted by molar-refractivity contribution is 6.49. The first-order valence-electron chi connectivity index (χ1n) is 10.2. The van der Waals surface area contributed by atoms with Crippen molar-refractivity contribution in [2.24, 2.45) is 4.99 Å². The molecule has 0 unspecified atom stereocenters. The highest BCUT2D eigenvalue weighted by Crippen LogP contribution is 2.29. The lowest BCUT2D eigenvalue weighted by Crippen LogP contribution is -2.21. The fourth-order valence-electron chi connectivity index (χ4n) is 4.23. The van der Waals surface area contributed by atoms with Crippen molar-refractivity contribution in [2.45, 2.75) is 6.92 Å². The van der Waals surface area contributed by atoms with Crippen LogP contribution in [0.1, 0.15) is 18.1 Å². The molecular formula is C26H15B4NO. The summed E-state index contributed by atoms with van der Waals surface area (Å²) >= 11 is 0. The van der Waals surface area contributed by atoms with Gasteiger partial charge < -0.3 is 4.42 Å². The van der Waals surface area contributed by atoms with Gasteiger partial charge in [-0.3, -0.25) is 4.99 Å². The van der Waals surface area contributed by atoms with Gasteiger partial charge in [-0.25, -0.2) is 0 Å². The Bertz CT molecular complexity index is 1600. The predicted molar refractivity (Wildman–Crippen MR) is 140 cm³/mol. The molecule has 5 rings (SSSR count). The van der Waals surface area contributed by atoms with Crippen molar-refractivity contribution in [2.75, 3.05) is 0 Å². The van der Waals surface area contributed by atoms with E-state index < -0.39 is 0 Å². The van der Waals surface area contributed by atoms with E-state index in [1.807, 2.05) is 31.2 Å². The summed E-state index contributed by atoms with van der Waals surface area (Å²) in [5.74, 6) is 0. The maximum absolute atomic E-state index is 6.41. The van der Waals surface area contributed by atoms with Crippen LogP contribution in [0, 0.1) is 0 Å². The molecule has 0 N–H and O–H groups in total. The van der Waals surface area contributed by atoms with Crippen LogP contribution in [0.25, 0.3) is 38.4 Å².